The lowest BCUT2D eigenvalue weighted by Gasteiger charge is -2.38. The van der Waals surface area contributed by atoms with E-state index < -0.39 is 0 Å². The van der Waals surface area contributed by atoms with Crippen molar-refractivity contribution < 1.29 is 32.8 Å². The molecule has 5 aliphatic heterocycles. The zero-order chi connectivity index (χ0) is 96.3. The van der Waals surface area contributed by atoms with Crippen LogP contribution in [0.3, 0.4) is 0 Å². The molecule has 35 nitrogen and oxygen atoms in total. The van der Waals surface area contributed by atoms with Gasteiger partial charge >= 0.3 is 30.2 Å². The summed E-state index contributed by atoms with van der Waals surface area (Å²) in [6, 6.07) is 46.2. The molecule has 5 aliphatic rings. The highest BCUT2D eigenvalue weighted by Gasteiger charge is 2.37. The number of aromatic nitrogens is 15. The maximum absolute atomic E-state index is 13.1. The number of nitrogens with one attached hydrogen (secondary N) is 5. The minimum atomic E-state index is -0.319. The van der Waals surface area contributed by atoms with Crippen molar-refractivity contribution in [1.29, 1.82) is 0 Å². The topological polar surface area (TPSA) is 485 Å². The first-order chi connectivity index (χ1) is 66.8. The van der Waals surface area contributed by atoms with Crippen LogP contribution in [0.15, 0.2) is 231 Å². The van der Waals surface area contributed by atoms with Crippen molar-refractivity contribution in [1.82, 2.24) is 99.3 Å². The Labute approximate surface area is 805 Å². The average molecular weight is 1910 g/mol. The monoisotopic (exact) mass is 1910 g/mol. The predicted molar refractivity (Wildman–Crippen MR) is 532 cm³/mol. The number of halogens is 2. The Balaban J connectivity index is 0.000000125. The van der Waals surface area contributed by atoms with Gasteiger partial charge in [0.15, 0.2) is 29.1 Å². The van der Waals surface area contributed by atoms with E-state index in [1.165, 1.54) is 34.0 Å². The van der Waals surface area contributed by atoms with Gasteiger partial charge in [-0.3, -0.25) is 26.6 Å². The second kappa shape index (κ2) is 44.4. The molecule has 138 heavy (non-hydrogen) atoms. The molecule has 15 N–H and O–H groups in total. The molecule has 0 unspecified atom stereocenters. The van der Waals surface area contributed by atoms with Crippen molar-refractivity contribution in [2.75, 3.05) is 121 Å². The fraction of sp³-hybridized carbons (Fsp3) is 0.245. The quantitative estimate of drug-likeness (QED) is 0.0339. The molecule has 5 saturated heterocycles. The average Bonchev–Trinajstić information content (AvgIpc) is 0.881. The molecule has 5 fully saturated rings. The van der Waals surface area contributed by atoms with E-state index in [1.807, 2.05) is 86.2 Å². The molecule has 0 radical (unpaired) electrons. The lowest BCUT2D eigenvalue weighted by atomic mass is 9.96. The van der Waals surface area contributed by atoms with Gasteiger partial charge in [0.2, 0.25) is 0 Å². The predicted octanol–water partition coefficient (Wildman–Crippen LogP) is 15.8. The fourth-order valence-corrected chi connectivity index (χ4v) is 17.6. The summed E-state index contributed by atoms with van der Waals surface area (Å²) >= 11 is 4.91. The van der Waals surface area contributed by atoms with Crippen LogP contribution >= 0.6 is 34.0 Å². The number of hydrogen-bond acceptors (Lipinski definition) is 28. The number of rotatable bonds is 20. The van der Waals surface area contributed by atoms with Crippen molar-refractivity contribution in [2.24, 2.45) is 29.6 Å². The molecule has 0 bridgehead atoms. The fourth-order valence-electron chi connectivity index (χ4n) is 15.3. The van der Waals surface area contributed by atoms with E-state index in [0.29, 0.717) is 164 Å². The molecular formula is C98H100F2N30O5S3. The molecule has 13 aromatic heterocycles. The van der Waals surface area contributed by atoms with Crippen LogP contribution in [0.4, 0.5) is 90.3 Å². The van der Waals surface area contributed by atoms with E-state index >= 15 is 0 Å². The summed E-state index contributed by atoms with van der Waals surface area (Å²) in [5.41, 5.74) is 39.2. The number of aryl methyl sites for hydroxylation is 4. The maximum Gasteiger partial charge on any atom is 0.323 e. The Hall–Kier alpha value is -16.1. The highest BCUT2D eigenvalue weighted by atomic mass is 32.1. The summed E-state index contributed by atoms with van der Waals surface area (Å²) in [7, 11) is 0. The third kappa shape index (κ3) is 25.5. The van der Waals surface area contributed by atoms with Crippen LogP contribution in [0.5, 0.6) is 0 Å². The number of nitrogen functional groups attached to an aromatic ring is 5. The normalized spacial score (nSPS) is 13.9. The molecule has 18 heterocycles. The summed E-state index contributed by atoms with van der Waals surface area (Å²) in [4.78, 5) is 142. The van der Waals surface area contributed by atoms with E-state index in [1.54, 1.807) is 193 Å². The van der Waals surface area contributed by atoms with Gasteiger partial charge in [-0.1, -0.05) is 6.07 Å². The minimum Gasteiger partial charge on any atom is -0.396 e. The van der Waals surface area contributed by atoms with Crippen LogP contribution in [0.2, 0.25) is 0 Å². The number of thiophene rings is 3. The second-order valence-electron chi connectivity index (χ2n) is 33.9. The van der Waals surface area contributed by atoms with Gasteiger partial charge in [0.1, 0.15) is 40.8 Å². The van der Waals surface area contributed by atoms with Crippen LogP contribution < -0.4 is 55.3 Å². The first-order valence-corrected chi connectivity index (χ1v) is 47.0. The maximum atomic E-state index is 13.1. The van der Waals surface area contributed by atoms with Crippen LogP contribution in [-0.2, 0) is 32.1 Å². The first kappa shape index (κ1) is 95.1. The summed E-state index contributed by atoms with van der Waals surface area (Å²) < 4.78 is 26.2. The van der Waals surface area contributed by atoms with Crippen molar-refractivity contribution in [3.8, 4) is 54.2 Å². The smallest absolute Gasteiger partial charge is 0.323 e. The van der Waals surface area contributed by atoms with Crippen LogP contribution in [0.1, 0.15) is 50.0 Å². The number of nitrogens with two attached hydrogens (primary N) is 5. The van der Waals surface area contributed by atoms with Gasteiger partial charge in [0, 0.05) is 210 Å². The number of urea groups is 5. The molecule has 40 heteroatoms. The number of carbonyl (C=O) groups excluding carboxylic acids is 5. The van der Waals surface area contributed by atoms with Crippen molar-refractivity contribution >= 4 is 122 Å². The number of amides is 10. The van der Waals surface area contributed by atoms with E-state index in [9.17, 15) is 32.8 Å². The van der Waals surface area contributed by atoms with Gasteiger partial charge in [0.05, 0.1) is 71.5 Å². The van der Waals surface area contributed by atoms with Gasteiger partial charge < -0.3 is 53.2 Å². The SMILES string of the molecule is Cc1ccc(-c2ccc(N)c(NC(=O)N3CC(Cc4ncccn4)C3)n2)s1.Cc1cnc(CC2CN(C(=O)Nc3nc(-c4ccc(C)s4)ccc3N)C2)nc1.Cc1cnc(CC2CN(C(=O)Nc3nc(-c4ccc(F)cc4)ccc3N)C2)nc1.Nc1ccc(-c2ccc(F)cc2)nc1NC(=O)N1CC(Cc2ncccn2)C1.Nc1ccc(-c2cccs2)nc1NC(=O)N1CC(Cc2ncccn2)C1. The van der Waals surface area contributed by atoms with E-state index in [4.69, 9.17) is 28.7 Å². The Morgan fingerprint density at radius 1 is 0.304 bits per heavy atom. The van der Waals surface area contributed by atoms with Crippen LogP contribution in [0, 0.1) is 68.9 Å². The molecule has 15 aromatic rings. The van der Waals surface area contributed by atoms with Gasteiger partial charge in [-0.25, -0.2) is 108 Å². The molecule has 0 aliphatic carbocycles. The molecule has 0 atom stereocenters. The molecule has 0 spiro atoms. The summed E-state index contributed by atoms with van der Waals surface area (Å²) in [5.74, 6) is 6.97. The molecule has 10 amide bonds. The standard InChI is InChI=1S/C21H21FN6O.C20H19FN6O.C20H22N6OS.C19H20N6OS.C18H18N6OS/c1-13-9-24-19(25-10-13)8-14-11-28(12-14)21(29)27-20-17(23)6-7-18(26-20)15-2-4-16(22)5-3-15;21-15-4-2-14(3-5-15)17-7-6-16(22)19(25-17)26-20(28)27-11-13(12-27)10-18-23-8-1-9-24-18;1-12-8-22-18(23-9-12)7-14-10-26(11-14)20(27)25-19-15(21)4-5-16(24-19)17-6-3-13(2)28-17;1-12-3-6-16(27-12)15-5-4-14(20)18(23-15)24-19(26)25-10-13(11-25)9-17-21-7-2-8-22-17;19-13-4-5-14(15-3-1-8-26-15)22-17(13)23-18(25)24-10-12(11-24)9-16-20-6-2-7-21-16/h2-7,9-10,14H,8,11-12,23H2,1H3,(H,26,27,29);1-9,13H,10-12,22H2,(H,25,26,28);3-6,8-9,14H,7,10-11,21H2,1-2H3,(H,24,25,27);2-8,13H,9-11,20H2,1H3,(H,23,24,26);1-8,12H,9-11,19H2,(H,22,23,25). The van der Waals surface area contributed by atoms with Gasteiger partial charge in [-0.2, -0.15) is 0 Å². The zero-order valence-electron chi connectivity index (χ0n) is 75.8. The van der Waals surface area contributed by atoms with Gasteiger partial charge in [-0.15, -0.1) is 34.0 Å². The van der Waals surface area contributed by atoms with Crippen LogP contribution in [0.25, 0.3) is 54.2 Å². The molecule has 20 rings (SSSR count). The largest absolute Gasteiger partial charge is 0.396 e. The molecule has 2 aromatic carbocycles. The molecule has 704 valence electrons. The van der Waals surface area contributed by atoms with Gasteiger partial charge in [-0.05, 0) is 202 Å². The van der Waals surface area contributed by atoms with Crippen molar-refractivity contribution in [3.05, 3.63) is 293 Å². The summed E-state index contributed by atoms with van der Waals surface area (Å²) in [6.07, 6.45) is 21.4. The third-order valence-corrected chi connectivity index (χ3v) is 25.8. The second-order valence-corrected chi connectivity index (χ2v) is 37.4. The number of hydrogen-bond donors (Lipinski definition) is 10. The molecular weight excluding hydrogens is 1810 g/mol. The number of benzene rings is 2. The number of pyridine rings is 5. The zero-order valence-corrected chi connectivity index (χ0v) is 78.2. The van der Waals surface area contributed by atoms with Gasteiger partial charge in [0.25, 0.3) is 0 Å². The highest BCUT2D eigenvalue weighted by Crippen LogP contribution is 2.36. The summed E-state index contributed by atoms with van der Waals surface area (Å²) in [5, 5.41) is 16.0. The van der Waals surface area contributed by atoms with E-state index in [-0.39, 0.29) is 41.8 Å². The lowest BCUT2D eigenvalue weighted by Crippen LogP contribution is -2.52. The van der Waals surface area contributed by atoms with Crippen molar-refractivity contribution in [2.45, 2.75) is 59.8 Å². The Morgan fingerprint density at radius 2 is 0.551 bits per heavy atom. The number of likely N-dealkylation sites (tertiary alicyclic amines) is 5. The summed E-state index contributed by atoms with van der Waals surface area (Å²) in [6.45, 7) is 14.6. The number of nitrogens with zero attached hydrogens (tertiary/aromatic N) is 20. The highest BCUT2D eigenvalue weighted by molar-refractivity contribution is 7.15. The number of carbonyl (C=O) groups is 5. The van der Waals surface area contributed by atoms with Crippen LogP contribution in [-0.4, -0.2) is 195 Å². The third-order valence-electron chi connectivity index (χ3n) is 22.9. The lowest BCUT2D eigenvalue weighted by molar-refractivity contribution is 0.129. The van der Waals surface area contributed by atoms with Crippen molar-refractivity contribution in [3.63, 3.8) is 0 Å². The van der Waals surface area contributed by atoms with E-state index in [2.05, 4.69) is 115 Å². The van der Waals surface area contributed by atoms with E-state index in [0.717, 1.165) is 115 Å². The Bertz CT molecular complexity index is 6700. The first-order valence-electron chi connectivity index (χ1n) is 44.5. The Morgan fingerprint density at radius 3 is 0.797 bits per heavy atom. The molecule has 0 saturated carbocycles. The Kier molecular flexibility index (Phi) is 30.6. The minimum absolute atomic E-state index is 0.181. The number of anilines is 10.